The molecule has 1 aromatic carbocycles. The third kappa shape index (κ3) is 1.97. The van der Waals surface area contributed by atoms with Crippen LogP contribution in [0.4, 0.5) is 0 Å². The van der Waals surface area contributed by atoms with Gasteiger partial charge in [-0.3, -0.25) is 4.79 Å². The molecule has 1 aliphatic heterocycles. The van der Waals surface area contributed by atoms with E-state index in [1.54, 1.807) is 6.92 Å². The highest BCUT2D eigenvalue weighted by molar-refractivity contribution is 6.02. The van der Waals surface area contributed by atoms with Gasteiger partial charge in [-0.1, -0.05) is 13.0 Å². The quantitative estimate of drug-likeness (QED) is 0.780. The lowest BCUT2D eigenvalue weighted by Gasteiger charge is -2.34. The topological polar surface area (TPSA) is 98.1 Å². The minimum Gasteiger partial charge on any atom is -0.507 e. The summed E-state index contributed by atoms with van der Waals surface area (Å²) in [5, 5.41) is 28.9. The molecule has 0 aromatic heterocycles. The molecule has 108 valence electrons. The fourth-order valence-electron chi connectivity index (χ4n) is 2.80. The smallest absolute Gasteiger partial charge is 0.329 e. The third-order valence-corrected chi connectivity index (χ3v) is 3.95. The van der Waals surface area contributed by atoms with Gasteiger partial charge in [0.25, 0.3) is 5.91 Å². The van der Waals surface area contributed by atoms with Crippen LogP contribution < -0.4 is 0 Å². The lowest BCUT2D eigenvalue weighted by atomic mass is 9.92. The lowest BCUT2D eigenvalue weighted by molar-refractivity contribution is -0.148. The maximum Gasteiger partial charge on any atom is 0.329 e. The van der Waals surface area contributed by atoms with Gasteiger partial charge in [0.2, 0.25) is 0 Å². The molecule has 20 heavy (non-hydrogen) atoms. The van der Waals surface area contributed by atoms with Crippen LogP contribution in [0.5, 0.6) is 11.5 Å². The van der Waals surface area contributed by atoms with Crippen molar-refractivity contribution in [2.75, 3.05) is 6.54 Å². The van der Waals surface area contributed by atoms with Gasteiger partial charge in [0.15, 0.2) is 0 Å². The zero-order chi connectivity index (χ0) is 14.9. The minimum absolute atomic E-state index is 0.242. The van der Waals surface area contributed by atoms with Crippen LogP contribution in [0.2, 0.25) is 0 Å². The summed E-state index contributed by atoms with van der Waals surface area (Å²) in [7, 11) is 0. The number of amides is 1. The molecule has 6 nitrogen and oxygen atoms in total. The van der Waals surface area contributed by atoms with Crippen molar-refractivity contribution < 1.29 is 24.9 Å². The zero-order valence-corrected chi connectivity index (χ0v) is 11.2. The second-order valence-corrected chi connectivity index (χ2v) is 4.92. The Labute approximate surface area is 116 Å². The van der Waals surface area contributed by atoms with Crippen molar-refractivity contribution in [2.45, 2.75) is 31.7 Å². The summed E-state index contributed by atoms with van der Waals surface area (Å²) >= 11 is 0. The number of hydrogen-bond donors (Lipinski definition) is 3. The van der Waals surface area contributed by atoms with Crippen molar-refractivity contribution >= 4 is 11.9 Å². The van der Waals surface area contributed by atoms with Crippen molar-refractivity contribution in [1.82, 2.24) is 4.90 Å². The second kappa shape index (κ2) is 5.03. The van der Waals surface area contributed by atoms with Gasteiger partial charge in [-0.05, 0) is 31.4 Å². The number of phenolic OH excluding ortho intramolecular Hbond substituents is 2. The van der Waals surface area contributed by atoms with E-state index in [0.29, 0.717) is 19.4 Å². The van der Waals surface area contributed by atoms with Crippen molar-refractivity contribution in [2.24, 2.45) is 0 Å². The molecule has 6 heteroatoms. The van der Waals surface area contributed by atoms with Crippen molar-refractivity contribution in [3.05, 3.63) is 23.8 Å². The Morgan fingerprint density at radius 1 is 1.30 bits per heavy atom. The molecular weight excluding hydrogens is 262 g/mol. The second-order valence-electron chi connectivity index (χ2n) is 4.92. The van der Waals surface area contributed by atoms with E-state index in [1.807, 2.05) is 0 Å². The van der Waals surface area contributed by atoms with Gasteiger partial charge in [-0.15, -0.1) is 0 Å². The van der Waals surface area contributed by atoms with Gasteiger partial charge in [-0.25, -0.2) is 4.79 Å². The number of carbonyl (C=O) groups excluding carboxylic acids is 1. The summed E-state index contributed by atoms with van der Waals surface area (Å²) in [6, 6.07) is 3.99. The Morgan fingerprint density at radius 3 is 2.40 bits per heavy atom. The van der Waals surface area contributed by atoms with E-state index in [2.05, 4.69) is 0 Å². The normalized spacial score (nSPS) is 21.9. The number of aliphatic carboxylic acids is 1. The minimum atomic E-state index is -1.26. The number of aromatic hydroxyl groups is 2. The van der Waals surface area contributed by atoms with E-state index in [-0.39, 0.29) is 23.5 Å². The molecule has 2 rings (SSSR count). The summed E-state index contributed by atoms with van der Waals surface area (Å²) in [6.07, 6.45) is 1.24. The highest BCUT2D eigenvalue weighted by atomic mass is 16.4. The fraction of sp³-hybridized carbons (Fsp3) is 0.429. The molecule has 1 fully saturated rings. The number of phenols is 2. The number of likely N-dealkylation sites (tertiary alicyclic amines) is 1. The highest BCUT2D eigenvalue weighted by Crippen LogP contribution is 2.37. The lowest BCUT2D eigenvalue weighted by Crippen LogP contribution is -2.52. The largest absolute Gasteiger partial charge is 0.507 e. The Balaban J connectivity index is 2.45. The standard InChI is InChI=1S/C14H17NO5/c1-2-14(13(19)20)7-4-8-15(14)12(18)11-9(16)5-3-6-10(11)17/h3,5-6,16-17H,2,4,7-8H2,1H3,(H,19,20). The van der Waals surface area contributed by atoms with Gasteiger partial charge in [-0.2, -0.15) is 0 Å². The van der Waals surface area contributed by atoms with Crippen LogP contribution in [0.3, 0.4) is 0 Å². The highest BCUT2D eigenvalue weighted by Gasteiger charge is 2.49. The van der Waals surface area contributed by atoms with Crippen molar-refractivity contribution in [3.63, 3.8) is 0 Å². The van der Waals surface area contributed by atoms with Gasteiger partial charge >= 0.3 is 5.97 Å². The van der Waals surface area contributed by atoms with E-state index in [9.17, 15) is 24.9 Å². The van der Waals surface area contributed by atoms with Crippen molar-refractivity contribution in [3.8, 4) is 11.5 Å². The van der Waals surface area contributed by atoms with Crippen LogP contribution in [-0.4, -0.2) is 44.2 Å². The first kappa shape index (κ1) is 14.2. The van der Waals surface area contributed by atoms with Crippen LogP contribution in [-0.2, 0) is 4.79 Å². The monoisotopic (exact) mass is 279 g/mol. The summed E-state index contributed by atoms with van der Waals surface area (Å²) < 4.78 is 0. The van der Waals surface area contributed by atoms with E-state index in [1.165, 1.54) is 23.1 Å². The summed E-state index contributed by atoms with van der Waals surface area (Å²) in [4.78, 5) is 25.3. The van der Waals surface area contributed by atoms with Gasteiger partial charge in [0.1, 0.15) is 22.6 Å². The van der Waals surface area contributed by atoms with Crippen LogP contribution in [0, 0.1) is 0 Å². The Kier molecular flexibility index (Phi) is 3.57. The van der Waals surface area contributed by atoms with Crippen LogP contribution in [0.15, 0.2) is 18.2 Å². The number of carbonyl (C=O) groups is 2. The molecule has 0 aliphatic carbocycles. The molecule has 1 amide bonds. The summed E-state index contributed by atoms with van der Waals surface area (Å²) in [6.45, 7) is 2.01. The molecule has 0 bridgehead atoms. The number of benzene rings is 1. The number of rotatable bonds is 3. The third-order valence-electron chi connectivity index (χ3n) is 3.95. The van der Waals surface area contributed by atoms with Crippen LogP contribution in [0.25, 0.3) is 0 Å². The van der Waals surface area contributed by atoms with E-state index in [0.717, 1.165) is 0 Å². The summed E-state index contributed by atoms with van der Waals surface area (Å²) in [5.41, 5.74) is -1.50. The first-order chi connectivity index (χ1) is 9.44. The van der Waals surface area contributed by atoms with Crippen molar-refractivity contribution in [1.29, 1.82) is 0 Å². The Bertz CT molecular complexity index is 536. The molecule has 1 saturated heterocycles. The molecule has 0 spiro atoms. The molecule has 0 radical (unpaired) electrons. The fourth-order valence-corrected chi connectivity index (χ4v) is 2.80. The first-order valence-electron chi connectivity index (χ1n) is 6.50. The predicted molar refractivity (Wildman–Crippen MR) is 70.7 cm³/mol. The molecule has 1 atom stereocenters. The van der Waals surface area contributed by atoms with Crippen LogP contribution in [0.1, 0.15) is 36.5 Å². The molecule has 3 N–H and O–H groups in total. The Hall–Kier alpha value is -2.24. The predicted octanol–water partition coefficient (Wildman–Crippen LogP) is 1.57. The maximum absolute atomic E-state index is 12.5. The van der Waals surface area contributed by atoms with E-state index in [4.69, 9.17) is 0 Å². The molecule has 1 aliphatic rings. The number of hydrogen-bond acceptors (Lipinski definition) is 4. The molecule has 1 unspecified atom stereocenters. The van der Waals surface area contributed by atoms with Gasteiger partial charge in [0, 0.05) is 6.54 Å². The number of nitrogens with zero attached hydrogens (tertiary/aromatic N) is 1. The molecule has 0 saturated carbocycles. The maximum atomic E-state index is 12.5. The average molecular weight is 279 g/mol. The molecule has 1 heterocycles. The summed E-state index contributed by atoms with van der Waals surface area (Å²) in [5.74, 6) is -2.40. The van der Waals surface area contributed by atoms with E-state index < -0.39 is 17.4 Å². The van der Waals surface area contributed by atoms with Gasteiger partial charge in [0.05, 0.1) is 0 Å². The average Bonchev–Trinajstić information content (AvgIpc) is 2.83. The van der Waals surface area contributed by atoms with Crippen LogP contribution >= 0.6 is 0 Å². The first-order valence-corrected chi connectivity index (χ1v) is 6.50. The SMILES string of the molecule is CCC1(C(=O)O)CCCN1C(=O)c1c(O)cccc1O. The van der Waals surface area contributed by atoms with E-state index >= 15 is 0 Å². The zero-order valence-electron chi connectivity index (χ0n) is 11.2. The molecule has 1 aromatic rings. The number of carboxylic acid groups (broad SMARTS) is 1. The molecular formula is C14H17NO5. The number of carboxylic acids is 1. The Morgan fingerprint density at radius 2 is 1.90 bits per heavy atom. The van der Waals surface area contributed by atoms with Gasteiger partial charge < -0.3 is 20.2 Å².